The van der Waals surface area contributed by atoms with Crippen LogP contribution in [0.25, 0.3) is 10.2 Å². The number of hydrogen-bond acceptors (Lipinski definition) is 4. The van der Waals surface area contributed by atoms with Crippen molar-refractivity contribution in [1.29, 1.82) is 0 Å². The van der Waals surface area contributed by atoms with Crippen LogP contribution in [0.2, 0.25) is 0 Å². The van der Waals surface area contributed by atoms with Gasteiger partial charge >= 0.3 is 0 Å². The summed E-state index contributed by atoms with van der Waals surface area (Å²) in [7, 11) is 0. The predicted molar refractivity (Wildman–Crippen MR) is 101 cm³/mol. The van der Waals surface area contributed by atoms with E-state index in [0.717, 1.165) is 43.7 Å². The van der Waals surface area contributed by atoms with Crippen molar-refractivity contribution in [2.24, 2.45) is 0 Å². The van der Waals surface area contributed by atoms with Gasteiger partial charge in [0.05, 0.1) is 21.1 Å². The molecule has 4 nitrogen and oxygen atoms in total. The normalized spacial score (nSPS) is 19.3. The molecule has 1 amide bonds. The van der Waals surface area contributed by atoms with Crippen molar-refractivity contribution >= 4 is 33.1 Å². The second-order valence-corrected chi connectivity index (χ2v) is 7.90. The Bertz CT molecular complexity index is 956. The van der Waals surface area contributed by atoms with Crippen LogP contribution >= 0.6 is 11.3 Å². The molecule has 2 aliphatic rings. The standard InChI is InChI=1S/C20H19N3OS/c24-19-20(15-3-1-2-4-16(15)22-19)7-9-23(10-8-20)12-14-5-6-18-17(11-14)21-13-25-18/h1-6,11,13H,7-10,12H2,(H,22,24). The highest BCUT2D eigenvalue weighted by Gasteiger charge is 2.48. The van der Waals surface area contributed by atoms with Gasteiger partial charge in [-0.1, -0.05) is 24.3 Å². The second kappa shape index (κ2) is 5.64. The monoisotopic (exact) mass is 349 g/mol. The number of para-hydroxylation sites is 1. The molecule has 0 bridgehead atoms. The molecular formula is C20H19N3OS. The fourth-order valence-corrected chi connectivity index (χ4v) is 4.88. The van der Waals surface area contributed by atoms with Crippen LogP contribution in [0.4, 0.5) is 5.69 Å². The molecule has 1 aromatic heterocycles. The number of amides is 1. The molecule has 1 N–H and O–H groups in total. The van der Waals surface area contributed by atoms with E-state index in [2.05, 4.69) is 39.5 Å². The number of anilines is 1. The number of thiazole rings is 1. The minimum absolute atomic E-state index is 0.178. The number of hydrogen-bond donors (Lipinski definition) is 1. The topological polar surface area (TPSA) is 45.2 Å². The fraction of sp³-hybridized carbons (Fsp3) is 0.300. The van der Waals surface area contributed by atoms with Crippen molar-refractivity contribution < 1.29 is 4.79 Å². The minimum atomic E-state index is -0.327. The first-order valence-corrected chi connectivity index (χ1v) is 9.58. The number of nitrogens with one attached hydrogen (secondary N) is 1. The van der Waals surface area contributed by atoms with E-state index < -0.39 is 0 Å². The van der Waals surface area contributed by atoms with Crippen LogP contribution in [0.15, 0.2) is 48.0 Å². The van der Waals surface area contributed by atoms with Crippen LogP contribution in [0.3, 0.4) is 0 Å². The Morgan fingerprint density at radius 3 is 2.88 bits per heavy atom. The highest BCUT2D eigenvalue weighted by molar-refractivity contribution is 7.16. The van der Waals surface area contributed by atoms with E-state index in [1.807, 2.05) is 23.7 Å². The smallest absolute Gasteiger partial charge is 0.235 e. The number of rotatable bonds is 2. The zero-order valence-corrected chi connectivity index (χ0v) is 14.7. The van der Waals surface area contributed by atoms with Crippen molar-refractivity contribution in [3.05, 3.63) is 59.1 Å². The van der Waals surface area contributed by atoms with Gasteiger partial charge in [0.2, 0.25) is 5.91 Å². The van der Waals surface area contributed by atoms with Crippen molar-refractivity contribution in [3.8, 4) is 0 Å². The summed E-state index contributed by atoms with van der Waals surface area (Å²) in [4.78, 5) is 19.5. The molecule has 2 aliphatic heterocycles. The maximum Gasteiger partial charge on any atom is 0.235 e. The van der Waals surface area contributed by atoms with Gasteiger partial charge in [0.15, 0.2) is 0 Å². The van der Waals surface area contributed by atoms with Gasteiger partial charge in [-0.2, -0.15) is 0 Å². The molecule has 0 radical (unpaired) electrons. The van der Waals surface area contributed by atoms with Crippen LogP contribution in [0.1, 0.15) is 24.0 Å². The van der Waals surface area contributed by atoms with Crippen LogP contribution < -0.4 is 5.32 Å². The van der Waals surface area contributed by atoms with Crippen LogP contribution in [-0.2, 0) is 16.8 Å². The summed E-state index contributed by atoms with van der Waals surface area (Å²) in [6.45, 7) is 2.81. The van der Waals surface area contributed by atoms with E-state index in [0.29, 0.717) is 0 Å². The first-order chi connectivity index (χ1) is 12.2. The molecule has 3 aromatic rings. The molecular weight excluding hydrogens is 330 g/mol. The fourth-order valence-electron chi connectivity index (χ4n) is 4.22. The van der Waals surface area contributed by atoms with Gasteiger partial charge in [-0.3, -0.25) is 9.69 Å². The van der Waals surface area contributed by atoms with Gasteiger partial charge < -0.3 is 5.32 Å². The predicted octanol–water partition coefficient (Wildman–Crippen LogP) is 3.78. The number of likely N-dealkylation sites (tertiary alicyclic amines) is 1. The molecule has 5 heteroatoms. The second-order valence-electron chi connectivity index (χ2n) is 7.01. The van der Waals surface area contributed by atoms with Gasteiger partial charge in [-0.05, 0) is 55.3 Å². The lowest BCUT2D eigenvalue weighted by atomic mass is 9.73. The van der Waals surface area contributed by atoms with E-state index in [-0.39, 0.29) is 11.3 Å². The molecule has 5 rings (SSSR count). The van der Waals surface area contributed by atoms with Crippen molar-refractivity contribution in [1.82, 2.24) is 9.88 Å². The quantitative estimate of drug-likeness (QED) is 0.766. The summed E-state index contributed by atoms with van der Waals surface area (Å²) in [6.07, 6.45) is 1.77. The maximum absolute atomic E-state index is 12.7. The zero-order valence-electron chi connectivity index (χ0n) is 13.9. The Morgan fingerprint density at radius 1 is 1.16 bits per heavy atom. The summed E-state index contributed by atoms with van der Waals surface area (Å²) in [6, 6.07) is 14.7. The zero-order chi connectivity index (χ0) is 16.9. The van der Waals surface area contributed by atoms with Crippen molar-refractivity contribution in [3.63, 3.8) is 0 Å². The lowest BCUT2D eigenvalue weighted by Gasteiger charge is -2.38. The molecule has 3 heterocycles. The van der Waals surface area contributed by atoms with Gasteiger partial charge in [0, 0.05) is 12.2 Å². The van der Waals surface area contributed by atoms with Gasteiger partial charge in [-0.25, -0.2) is 4.98 Å². The van der Waals surface area contributed by atoms with E-state index in [4.69, 9.17) is 0 Å². The van der Waals surface area contributed by atoms with E-state index in [1.165, 1.54) is 15.8 Å². The Kier molecular flexibility index (Phi) is 3.40. The molecule has 1 saturated heterocycles. The number of fused-ring (bicyclic) bond motifs is 3. The Labute approximate surface area is 150 Å². The number of benzene rings is 2. The average molecular weight is 349 g/mol. The molecule has 0 aliphatic carbocycles. The summed E-state index contributed by atoms with van der Waals surface area (Å²) < 4.78 is 1.24. The SMILES string of the molecule is O=C1Nc2ccccc2C12CCN(Cc1ccc3scnc3c1)CC2. The third kappa shape index (κ3) is 2.38. The molecule has 2 aromatic carbocycles. The van der Waals surface area contributed by atoms with Crippen LogP contribution in [-0.4, -0.2) is 28.9 Å². The van der Waals surface area contributed by atoms with Crippen LogP contribution in [0, 0.1) is 0 Å². The van der Waals surface area contributed by atoms with E-state index in [1.54, 1.807) is 11.3 Å². The number of carbonyl (C=O) groups is 1. The Hall–Kier alpha value is -2.24. The lowest BCUT2D eigenvalue weighted by molar-refractivity contribution is -0.122. The first kappa shape index (κ1) is 15.0. The summed E-state index contributed by atoms with van der Waals surface area (Å²) in [5, 5.41) is 3.08. The summed E-state index contributed by atoms with van der Waals surface area (Å²) >= 11 is 1.68. The Balaban J connectivity index is 1.34. The average Bonchev–Trinajstić information content (AvgIpc) is 3.20. The summed E-state index contributed by atoms with van der Waals surface area (Å²) in [5.41, 5.74) is 6.13. The molecule has 126 valence electrons. The van der Waals surface area contributed by atoms with E-state index >= 15 is 0 Å². The highest BCUT2D eigenvalue weighted by atomic mass is 32.1. The molecule has 1 fully saturated rings. The Morgan fingerprint density at radius 2 is 2.00 bits per heavy atom. The number of nitrogens with zero attached hydrogens (tertiary/aromatic N) is 2. The molecule has 25 heavy (non-hydrogen) atoms. The highest BCUT2D eigenvalue weighted by Crippen LogP contribution is 2.44. The third-order valence-electron chi connectivity index (χ3n) is 5.64. The van der Waals surface area contributed by atoms with Crippen molar-refractivity contribution in [2.75, 3.05) is 18.4 Å². The molecule has 0 saturated carbocycles. The summed E-state index contributed by atoms with van der Waals surface area (Å²) in [5.74, 6) is 0.178. The largest absolute Gasteiger partial charge is 0.325 e. The van der Waals surface area contributed by atoms with Crippen LogP contribution in [0.5, 0.6) is 0 Å². The van der Waals surface area contributed by atoms with Gasteiger partial charge in [0.25, 0.3) is 0 Å². The van der Waals surface area contributed by atoms with Gasteiger partial charge in [0.1, 0.15) is 0 Å². The van der Waals surface area contributed by atoms with E-state index in [9.17, 15) is 4.79 Å². The number of piperidine rings is 1. The minimum Gasteiger partial charge on any atom is -0.325 e. The maximum atomic E-state index is 12.7. The lowest BCUT2D eigenvalue weighted by Crippen LogP contribution is -2.46. The first-order valence-electron chi connectivity index (χ1n) is 8.70. The van der Waals surface area contributed by atoms with Crippen molar-refractivity contribution in [2.45, 2.75) is 24.8 Å². The third-order valence-corrected chi connectivity index (χ3v) is 6.45. The molecule has 0 unspecified atom stereocenters. The van der Waals surface area contributed by atoms with Gasteiger partial charge in [-0.15, -0.1) is 11.3 Å². The molecule has 1 spiro atoms. The number of aromatic nitrogens is 1. The molecule has 0 atom stereocenters. The number of carbonyl (C=O) groups excluding carboxylic acids is 1.